The molecule has 157 valence electrons. The Balaban J connectivity index is 2.47. The van der Waals surface area contributed by atoms with Crippen LogP contribution in [0.4, 0.5) is 0 Å². The number of nitrogens with one attached hydrogen (secondary N) is 3. The Labute approximate surface area is 161 Å². The Bertz CT molecular complexity index is 600. The largest absolute Gasteiger partial charge is 0.394 e. The van der Waals surface area contributed by atoms with Gasteiger partial charge >= 0.3 is 0 Å². The number of amides is 4. The lowest BCUT2D eigenvalue weighted by molar-refractivity contribution is -0.136. The van der Waals surface area contributed by atoms with Crippen molar-refractivity contribution in [2.45, 2.75) is 43.9 Å². The molecule has 1 saturated heterocycles. The van der Waals surface area contributed by atoms with Crippen LogP contribution in [-0.4, -0.2) is 95.5 Å². The van der Waals surface area contributed by atoms with Gasteiger partial charge < -0.3 is 36.8 Å². The summed E-state index contributed by atoms with van der Waals surface area (Å²) in [5, 5.41) is 24.7. The van der Waals surface area contributed by atoms with Crippen LogP contribution >= 0.6 is 0 Å². The van der Waals surface area contributed by atoms with Crippen LogP contribution < -0.4 is 21.7 Å². The minimum Gasteiger partial charge on any atom is -0.394 e. The predicted octanol–water partition coefficient (Wildman–Crippen LogP) is -4.50. The van der Waals surface area contributed by atoms with Gasteiger partial charge in [-0.25, -0.2) is 0 Å². The summed E-state index contributed by atoms with van der Waals surface area (Å²) in [4.78, 5) is 59.9. The van der Waals surface area contributed by atoms with Crippen LogP contribution in [-0.2, 0) is 24.0 Å². The second-order valence-corrected chi connectivity index (χ2v) is 6.35. The first-order valence-electron chi connectivity index (χ1n) is 8.78. The van der Waals surface area contributed by atoms with Crippen LogP contribution in [0, 0.1) is 0 Å². The lowest BCUT2D eigenvalue weighted by atomic mass is 10.2. The molecule has 0 unspecified atom stereocenters. The predicted molar refractivity (Wildman–Crippen MR) is 95.1 cm³/mol. The zero-order valence-electron chi connectivity index (χ0n) is 15.5. The molecule has 4 atom stereocenters. The highest BCUT2D eigenvalue weighted by molar-refractivity contribution is 5.93. The summed E-state index contributed by atoms with van der Waals surface area (Å²) in [6.07, 6.45) is 3.00. The van der Waals surface area contributed by atoms with E-state index >= 15 is 0 Å². The monoisotopic (exact) mass is 400 g/mol. The van der Waals surface area contributed by atoms with Gasteiger partial charge in [-0.15, -0.1) is 0 Å². The van der Waals surface area contributed by atoms with E-state index in [4.69, 9.17) is 10.8 Å². The van der Waals surface area contributed by atoms with E-state index in [1.807, 2.05) is 0 Å². The van der Waals surface area contributed by atoms with Gasteiger partial charge in [0.15, 0.2) is 0 Å². The zero-order valence-corrected chi connectivity index (χ0v) is 15.5. The molecule has 0 aromatic rings. The molecule has 1 aliphatic heterocycles. The molecule has 0 aromatic carbocycles. The number of aliphatic hydroxyl groups is 2. The fraction of sp³-hybridized carbons (Fsp3) is 0.688. The molecule has 12 nitrogen and oxygen atoms in total. The summed E-state index contributed by atoms with van der Waals surface area (Å²) < 4.78 is 0. The van der Waals surface area contributed by atoms with Crippen LogP contribution in [0.15, 0.2) is 0 Å². The maximum absolute atomic E-state index is 12.3. The van der Waals surface area contributed by atoms with Crippen molar-refractivity contribution in [1.29, 1.82) is 0 Å². The van der Waals surface area contributed by atoms with E-state index < -0.39 is 67.6 Å². The van der Waals surface area contributed by atoms with Crippen molar-refractivity contribution in [3.63, 3.8) is 0 Å². The van der Waals surface area contributed by atoms with Crippen LogP contribution in [0.25, 0.3) is 0 Å². The lowest BCUT2D eigenvalue weighted by Crippen LogP contribution is -2.55. The summed E-state index contributed by atoms with van der Waals surface area (Å²) in [5.74, 6) is -2.78. The summed E-state index contributed by atoms with van der Waals surface area (Å²) in [6.45, 7) is -0.0264. The minimum atomic E-state index is -1.36. The van der Waals surface area contributed by atoms with Gasteiger partial charge in [0.25, 0.3) is 0 Å². The lowest BCUT2D eigenvalue weighted by Gasteiger charge is -2.24. The molecule has 12 heteroatoms. The van der Waals surface area contributed by atoms with Crippen molar-refractivity contribution in [2.24, 2.45) is 5.73 Å². The highest BCUT2D eigenvalue weighted by atomic mass is 16.3. The second-order valence-electron chi connectivity index (χ2n) is 6.35. The number of nitrogens with zero attached hydrogens (tertiary/aromatic N) is 1. The molecular formula is C16H26N5O7. The van der Waals surface area contributed by atoms with Crippen molar-refractivity contribution in [3.8, 4) is 0 Å². The number of carbonyl (C=O) groups is 4. The van der Waals surface area contributed by atoms with E-state index in [1.54, 1.807) is 6.29 Å². The van der Waals surface area contributed by atoms with Crippen LogP contribution in [0.1, 0.15) is 19.8 Å². The normalized spacial score (nSPS) is 19.3. The molecule has 1 heterocycles. The highest BCUT2D eigenvalue weighted by Crippen LogP contribution is 2.16. The van der Waals surface area contributed by atoms with E-state index in [-0.39, 0.29) is 0 Å². The molecule has 7 N–H and O–H groups in total. The summed E-state index contributed by atoms with van der Waals surface area (Å²) in [7, 11) is 0. The third-order valence-corrected chi connectivity index (χ3v) is 4.19. The average molecular weight is 400 g/mol. The molecule has 28 heavy (non-hydrogen) atoms. The molecule has 0 bridgehead atoms. The first kappa shape index (κ1) is 23.5. The third-order valence-electron chi connectivity index (χ3n) is 4.19. The highest BCUT2D eigenvalue weighted by Gasteiger charge is 2.32. The van der Waals surface area contributed by atoms with E-state index in [9.17, 15) is 29.1 Å². The average Bonchev–Trinajstić information content (AvgIpc) is 3.17. The number of hydrogen-bond donors (Lipinski definition) is 6. The molecular weight excluding hydrogens is 374 g/mol. The Hall–Kier alpha value is -2.57. The van der Waals surface area contributed by atoms with E-state index in [0.29, 0.717) is 19.4 Å². The summed E-state index contributed by atoms with van der Waals surface area (Å²) >= 11 is 0. The first-order chi connectivity index (χ1) is 13.2. The van der Waals surface area contributed by atoms with Crippen molar-refractivity contribution in [3.05, 3.63) is 0 Å². The van der Waals surface area contributed by atoms with Gasteiger partial charge in [0.2, 0.25) is 29.9 Å². The minimum absolute atomic E-state index is 0.406. The number of carbonyl (C=O) groups excluding carboxylic acids is 5. The third kappa shape index (κ3) is 6.55. The SMILES string of the molecule is C[C@H](NC(=O)CNC(=O)[C@H](CO)NC(=O)[C@@H](N)CO)C(=O)N1CCC[C@H]1[C]=O. The number of rotatable bonds is 10. The molecule has 4 amide bonds. The quantitative estimate of drug-likeness (QED) is 0.211. The van der Waals surface area contributed by atoms with Gasteiger partial charge in [0, 0.05) is 6.54 Å². The molecule has 0 aromatic heterocycles. The topological polar surface area (TPSA) is 191 Å². The molecule has 1 rings (SSSR count). The molecule has 0 saturated carbocycles. The van der Waals surface area contributed by atoms with Gasteiger partial charge in [-0.3, -0.25) is 24.0 Å². The maximum Gasteiger partial charge on any atom is 0.245 e. The summed E-state index contributed by atoms with van der Waals surface area (Å²) in [6, 6.07) is -4.14. The van der Waals surface area contributed by atoms with Crippen LogP contribution in [0.5, 0.6) is 0 Å². The van der Waals surface area contributed by atoms with Gasteiger partial charge in [-0.05, 0) is 19.8 Å². The van der Waals surface area contributed by atoms with Crippen molar-refractivity contribution < 1.29 is 34.2 Å². The van der Waals surface area contributed by atoms with Gasteiger partial charge in [0.05, 0.1) is 25.8 Å². The van der Waals surface area contributed by atoms with E-state index in [0.717, 1.165) is 0 Å². The van der Waals surface area contributed by atoms with Gasteiger partial charge in [0.1, 0.15) is 18.1 Å². The van der Waals surface area contributed by atoms with E-state index in [2.05, 4.69) is 16.0 Å². The second kappa shape index (κ2) is 11.3. The number of nitrogens with two attached hydrogens (primary N) is 1. The molecule has 0 aliphatic carbocycles. The van der Waals surface area contributed by atoms with E-state index in [1.165, 1.54) is 11.8 Å². The summed E-state index contributed by atoms with van der Waals surface area (Å²) in [5.41, 5.74) is 5.30. The fourth-order valence-corrected chi connectivity index (χ4v) is 2.60. The first-order valence-corrected chi connectivity index (χ1v) is 8.78. The molecule has 1 aliphatic rings. The Kier molecular flexibility index (Phi) is 9.48. The fourth-order valence-electron chi connectivity index (χ4n) is 2.60. The molecule has 1 radical (unpaired) electrons. The Morgan fingerprint density at radius 1 is 1.18 bits per heavy atom. The van der Waals surface area contributed by atoms with Crippen molar-refractivity contribution >= 4 is 29.9 Å². The Morgan fingerprint density at radius 3 is 2.43 bits per heavy atom. The van der Waals surface area contributed by atoms with Crippen molar-refractivity contribution in [2.75, 3.05) is 26.3 Å². The Morgan fingerprint density at radius 2 is 1.86 bits per heavy atom. The van der Waals surface area contributed by atoms with Crippen molar-refractivity contribution in [1.82, 2.24) is 20.9 Å². The van der Waals surface area contributed by atoms with Gasteiger partial charge in [-0.2, -0.15) is 0 Å². The standard InChI is InChI=1S/C16H26N5O7/c1-9(16(28)21-4-2-3-10(21)6-22)19-13(25)5-18-15(27)12(8-24)20-14(26)11(17)7-23/h9-12,23-24H,2-5,7-8,17H2,1H3,(H,18,27)(H,19,25)(H,20,26)/t9-,10-,11-,12-/m0/s1. The smallest absolute Gasteiger partial charge is 0.245 e. The van der Waals surface area contributed by atoms with Crippen LogP contribution in [0.2, 0.25) is 0 Å². The number of likely N-dealkylation sites (tertiary alicyclic amines) is 1. The maximum atomic E-state index is 12.3. The van der Waals surface area contributed by atoms with Gasteiger partial charge in [-0.1, -0.05) is 0 Å². The molecule has 0 spiro atoms. The number of hydrogen-bond acceptors (Lipinski definition) is 8. The molecule has 1 fully saturated rings. The zero-order chi connectivity index (χ0) is 21.3. The van der Waals surface area contributed by atoms with Crippen LogP contribution in [0.3, 0.4) is 0 Å². The number of aliphatic hydroxyl groups excluding tert-OH is 2.